The fourth-order valence-electron chi connectivity index (χ4n) is 2.18. The monoisotopic (exact) mass is 378 g/mol. The maximum atomic E-state index is 12.3. The molecular formula is C13H16ClIN2O. The van der Waals surface area contributed by atoms with Gasteiger partial charge < -0.3 is 10.6 Å². The van der Waals surface area contributed by atoms with Crippen molar-refractivity contribution in [2.75, 3.05) is 19.6 Å². The lowest BCUT2D eigenvalue weighted by molar-refractivity contribution is 0.0693. The summed E-state index contributed by atoms with van der Waals surface area (Å²) in [5, 5.41) is 0.689. The maximum absolute atomic E-state index is 12.3. The van der Waals surface area contributed by atoms with Crippen molar-refractivity contribution in [2.24, 2.45) is 11.7 Å². The van der Waals surface area contributed by atoms with Gasteiger partial charge in [-0.3, -0.25) is 4.79 Å². The van der Waals surface area contributed by atoms with Crippen molar-refractivity contribution in [3.05, 3.63) is 32.4 Å². The fourth-order valence-corrected chi connectivity index (χ4v) is 2.82. The van der Waals surface area contributed by atoms with E-state index in [0.29, 0.717) is 10.9 Å². The van der Waals surface area contributed by atoms with Crippen molar-refractivity contribution in [3.63, 3.8) is 0 Å². The maximum Gasteiger partial charge on any atom is 0.253 e. The van der Waals surface area contributed by atoms with Crippen LogP contribution in [0.1, 0.15) is 23.2 Å². The van der Waals surface area contributed by atoms with Crippen LogP contribution in [0, 0.1) is 9.49 Å². The first-order chi connectivity index (χ1) is 8.61. The van der Waals surface area contributed by atoms with Gasteiger partial charge in [-0.1, -0.05) is 11.6 Å². The highest BCUT2D eigenvalue weighted by molar-refractivity contribution is 14.1. The van der Waals surface area contributed by atoms with Crippen molar-refractivity contribution in [1.29, 1.82) is 0 Å². The molecule has 5 heteroatoms. The molecule has 2 N–H and O–H groups in total. The molecule has 0 spiro atoms. The Labute approximate surface area is 126 Å². The van der Waals surface area contributed by atoms with Crippen LogP contribution in [0.3, 0.4) is 0 Å². The number of nitrogens with two attached hydrogens (primary N) is 1. The Hall–Kier alpha value is -0.330. The Morgan fingerprint density at radius 2 is 2.11 bits per heavy atom. The molecule has 1 heterocycles. The van der Waals surface area contributed by atoms with Gasteiger partial charge in [0.25, 0.3) is 5.91 Å². The summed E-state index contributed by atoms with van der Waals surface area (Å²) < 4.78 is 0.914. The summed E-state index contributed by atoms with van der Waals surface area (Å²) in [6.07, 6.45) is 2.01. The Bertz CT molecular complexity index is 445. The molecule has 18 heavy (non-hydrogen) atoms. The largest absolute Gasteiger partial charge is 0.339 e. The van der Waals surface area contributed by atoms with E-state index < -0.39 is 0 Å². The second-order valence-electron chi connectivity index (χ2n) is 4.60. The number of carbonyl (C=O) groups is 1. The SMILES string of the molecule is NCC1CCN(C(=O)c2ccc(Cl)c(I)c2)CC1. The van der Waals surface area contributed by atoms with Gasteiger partial charge in [-0.25, -0.2) is 0 Å². The van der Waals surface area contributed by atoms with Crippen LogP contribution in [0.25, 0.3) is 0 Å². The summed E-state index contributed by atoms with van der Waals surface area (Å²) in [6, 6.07) is 5.42. The van der Waals surface area contributed by atoms with Crippen LogP contribution in [0.5, 0.6) is 0 Å². The first-order valence-corrected chi connectivity index (χ1v) is 7.52. The van der Waals surface area contributed by atoms with Gasteiger partial charge >= 0.3 is 0 Å². The molecule has 0 unspecified atom stereocenters. The summed E-state index contributed by atoms with van der Waals surface area (Å²) in [4.78, 5) is 14.2. The molecule has 1 aromatic rings. The number of likely N-dealkylation sites (tertiary alicyclic amines) is 1. The standard InChI is InChI=1S/C13H16ClIN2O/c14-11-2-1-10(7-12(11)15)13(18)17-5-3-9(8-16)4-6-17/h1-2,7,9H,3-6,8,16H2. The van der Waals surface area contributed by atoms with E-state index in [4.69, 9.17) is 17.3 Å². The van der Waals surface area contributed by atoms with Crippen molar-refractivity contribution in [2.45, 2.75) is 12.8 Å². The molecule has 1 saturated heterocycles. The zero-order valence-electron chi connectivity index (χ0n) is 10.0. The first kappa shape index (κ1) is 14.1. The van der Waals surface area contributed by atoms with Crippen molar-refractivity contribution >= 4 is 40.1 Å². The Kier molecular flexibility index (Phi) is 4.86. The smallest absolute Gasteiger partial charge is 0.253 e. The lowest BCUT2D eigenvalue weighted by atomic mass is 9.96. The molecule has 2 rings (SSSR count). The van der Waals surface area contributed by atoms with Gasteiger partial charge in [0.1, 0.15) is 0 Å². The topological polar surface area (TPSA) is 46.3 Å². The molecule has 0 bridgehead atoms. The molecule has 98 valence electrons. The Balaban J connectivity index is 2.05. The molecule has 1 aliphatic rings. The molecule has 0 aromatic heterocycles. The van der Waals surface area contributed by atoms with Crippen LogP contribution in [-0.4, -0.2) is 30.4 Å². The van der Waals surface area contributed by atoms with E-state index in [1.165, 1.54) is 0 Å². The number of hydrogen-bond acceptors (Lipinski definition) is 2. The van der Waals surface area contributed by atoms with Crippen LogP contribution in [0.15, 0.2) is 18.2 Å². The first-order valence-electron chi connectivity index (χ1n) is 6.06. The number of halogens is 2. The summed E-state index contributed by atoms with van der Waals surface area (Å²) in [5.74, 6) is 0.666. The summed E-state index contributed by atoms with van der Waals surface area (Å²) in [6.45, 7) is 2.33. The van der Waals surface area contributed by atoms with Gasteiger partial charge in [0.15, 0.2) is 0 Å². The fraction of sp³-hybridized carbons (Fsp3) is 0.462. The van der Waals surface area contributed by atoms with Crippen LogP contribution < -0.4 is 5.73 Å². The van der Waals surface area contributed by atoms with E-state index in [2.05, 4.69) is 22.6 Å². The highest BCUT2D eigenvalue weighted by Gasteiger charge is 2.23. The van der Waals surface area contributed by atoms with Crippen LogP contribution >= 0.6 is 34.2 Å². The predicted octanol–water partition coefficient (Wildman–Crippen LogP) is 2.76. The number of rotatable bonds is 2. The number of benzene rings is 1. The van der Waals surface area contributed by atoms with Crippen LogP contribution in [0.2, 0.25) is 5.02 Å². The average Bonchev–Trinajstić information content (AvgIpc) is 2.41. The lowest BCUT2D eigenvalue weighted by Gasteiger charge is -2.31. The molecule has 1 aromatic carbocycles. The average molecular weight is 379 g/mol. The minimum atomic E-state index is 0.0973. The summed E-state index contributed by atoms with van der Waals surface area (Å²) in [7, 11) is 0. The highest BCUT2D eigenvalue weighted by Crippen LogP contribution is 2.22. The van der Waals surface area contributed by atoms with Gasteiger partial charge in [0.05, 0.1) is 5.02 Å². The molecule has 0 aliphatic carbocycles. The third kappa shape index (κ3) is 3.16. The third-order valence-electron chi connectivity index (χ3n) is 3.40. The van der Waals surface area contributed by atoms with Crippen LogP contribution in [0.4, 0.5) is 0 Å². The van der Waals surface area contributed by atoms with E-state index in [0.717, 1.165) is 41.6 Å². The van der Waals surface area contributed by atoms with E-state index in [1.807, 2.05) is 11.0 Å². The van der Waals surface area contributed by atoms with Crippen molar-refractivity contribution in [1.82, 2.24) is 4.90 Å². The normalized spacial score (nSPS) is 16.9. The van der Waals surface area contributed by atoms with Crippen LogP contribution in [-0.2, 0) is 0 Å². The van der Waals surface area contributed by atoms with E-state index >= 15 is 0 Å². The molecule has 0 saturated carbocycles. The van der Waals surface area contributed by atoms with Crippen molar-refractivity contribution in [3.8, 4) is 0 Å². The summed E-state index contributed by atoms with van der Waals surface area (Å²) >= 11 is 8.11. The van der Waals surface area contributed by atoms with E-state index in [-0.39, 0.29) is 5.91 Å². The minimum absolute atomic E-state index is 0.0973. The number of hydrogen-bond donors (Lipinski definition) is 1. The van der Waals surface area contributed by atoms with Gasteiger partial charge in [-0.05, 0) is 66.1 Å². The lowest BCUT2D eigenvalue weighted by Crippen LogP contribution is -2.40. The minimum Gasteiger partial charge on any atom is -0.339 e. The molecule has 3 nitrogen and oxygen atoms in total. The van der Waals surface area contributed by atoms with E-state index in [1.54, 1.807) is 12.1 Å². The molecule has 0 radical (unpaired) electrons. The molecular weight excluding hydrogens is 363 g/mol. The van der Waals surface area contributed by atoms with Gasteiger partial charge in [0, 0.05) is 22.2 Å². The molecule has 1 fully saturated rings. The Morgan fingerprint density at radius 1 is 1.44 bits per heavy atom. The quantitative estimate of drug-likeness (QED) is 0.805. The zero-order valence-corrected chi connectivity index (χ0v) is 12.9. The second-order valence-corrected chi connectivity index (χ2v) is 6.17. The van der Waals surface area contributed by atoms with Gasteiger partial charge in [-0.15, -0.1) is 0 Å². The van der Waals surface area contributed by atoms with Crippen molar-refractivity contribution < 1.29 is 4.79 Å². The summed E-state index contributed by atoms with van der Waals surface area (Å²) in [5.41, 5.74) is 6.37. The van der Waals surface area contributed by atoms with Gasteiger partial charge in [-0.2, -0.15) is 0 Å². The highest BCUT2D eigenvalue weighted by atomic mass is 127. The predicted molar refractivity (Wildman–Crippen MR) is 81.9 cm³/mol. The number of carbonyl (C=O) groups excluding carboxylic acids is 1. The zero-order chi connectivity index (χ0) is 13.1. The number of amides is 1. The third-order valence-corrected chi connectivity index (χ3v) is 4.94. The van der Waals surface area contributed by atoms with E-state index in [9.17, 15) is 4.79 Å². The molecule has 1 amide bonds. The van der Waals surface area contributed by atoms with Gasteiger partial charge in [0.2, 0.25) is 0 Å². The second kappa shape index (κ2) is 6.21. The number of nitrogens with zero attached hydrogens (tertiary/aromatic N) is 1. The number of piperidine rings is 1. The Morgan fingerprint density at radius 3 is 2.67 bits per heavy atom. The molecule has 0 atom stereocenters. The molecule has 1 aliphatic heterocycles.